The molecule has 4 unspecified atom stereocenters. The number of rotatable bonds is 2. The molecule has 5 rings (SSSR count). The summed E-state index contributed by atoms with van der Waals surface area (Å²) in [5.41, 5.74) is 1.38. The largest absolute Gasteiger partial charge is 0.393 e. The third kappa shape index (κ3) is 2.28. The van der Waals surface area contributed by atoms with Crippen molar-refractivity contribution in [2.24, 2.45) is 28.6 Å². The van der Waals surface area contributed by atoms with Crippen LogP contribution in [0.1, 0.15) is 71.6 Å². The normalized spacial score (nSPS) is 57.3. The van der Waals surface area contributed by atoms with Gasteiger partial charge in [-0.1, -0.05) is 25.5 Å². The molecular weight excluding hydrogens is 312 g/mol. The van der Waals surface area contributed by atoms with E-state index in [-0.39, 0.29) is 11.5 Å². The summed E-state index contributed by atoms with van der Waals surface area (Å²) in [7, 11) is 0. The minimum Gasteiger partial charge on any atom is -0.393 e. The second-order valence-electron chi connectivity index (χ2n) is 10.3. The van der Waals surface area contributed by atoms with E-state index in [1.165, 1.54) is 24.8 Å². The van der Waals surface area contributed by atoms with E-state index in [1.54, 1.807) is 0 Å². The molecule has 0 aromatic heterocycles. The lowest BCUT2D eigenvalue weighted by molar-refractivity contribution is -0.130. The number of hydrogen-bond donors (Lipinski definition) is 2. The first-order valence-corrected chi connectivity index (χ1v) is 10.6. The summed E-state index contributed by atoms with van der Waals surface area (Å²) < 4.78 is 5.47. The van der Waals surface area contributed by atoms with Gasteiger partial charge in [0.25, 0.3) is 0 Å². The number of aliphatic hydroxyl groups is 2. The Labute approximate surface area is 151 Å². The molecule has 25 heavy (non-hydrogen) atoms. The number of allylic oxidation sites excluding steroid dienone is 1. The minimum atomic E-state index is -0.516. The van der Waals surface area contributed by atoms with Crippen LogP contribution >= 0.6 is 0 Å². The van der Waals surface area contributed by atoms with Crippen LogP contribution in [0.4, 0.5) is 0 Å². The van der Waals surface area contributed by atoms with Gasteiger partial charge in [-0.05, 0) is 80.0 Å². The van der Waals surface area contributed by atoms with Crippen molar-refractivity contribution in [3.05, 3.63) is 11.6 Å². The summed E-state index contributed by atoms with van der Waals surface area (Å²) in [4.78, 5) is 0. The van der Waals surface area contributed by atoms with Crippen LogP contribution in [0.15, 0.2) is 11.6 Å². The molecule has 0 aromatic rings. The number of hydrogen-bond acceptors (Lipinski definition) is 3. The summed E-state index contributed by atoms with van der Waals surface area (Å²) in [6, 6.07) is 0. The van der Waals surface area contributed by atoms with E-state index in [4.69, 9.17) is 4.74 Å². The molecule has 0 aromatic carbocycles. The van der Waals surface area contributed by atoms with E-state index in [9.17, 15) is 10.2 Å². The van der Waals surface area contributed by atoms with Gasteiger partial charge in [0.1, 0.15) is 0 Å². The Balaban J connectivity index is 1.45. The SMILES string of the molecule is C[C@]12CC[C@H](O)CC1=CCC1C2CC[C@@]2(C)C1CC[C@@]2(O)CC1CO1. The average molecular weight is 347 g/mol. The Bertz CT molecular complexity index is 596. The van der Waals surface area contributed by atoms with Crippen molar-refractivity contribution in [3.8, 4) is 0 Å². The highest BCUT2D eigenvalue weighted by atomic mass is 16.6. The molecule has 0 bridgehead atoms. The van der Waals surface area contributed by atoms with Gasteiger partial charge in [0, 0.05) is 6.42 Å². The van der Waals surface area contributed by atoms with E-state index in [2.05, 4.69) is 19.9 Å². The summed E-state index contributed by atoms with van der Waals surface area (Å²) in [6.45, 7) is 5.71. The highest BCUT2D eigenvalue weighted by molar-refractivity contribution is 5.26. The topological polar surface area (TPSA) is 53.0 Å². The summed E-state index contributed by atoms with van der Waals surface area (Å²) in [6.07, 6.45) is 12.2. The third-order valence-electron chi connectivity index (χ3n) is 9.37. The zero-order valence-electron chi connectivity index (χ0n) is 15.8. The maximum Gasteiger partial charge on any atom is 0.0837 e. The van der Waals surface area contributed by atoms with E-state index in [1.807, 2.05) is 0 Å². The molecule has 8 atom stereocenters. The maximum absolute atomic E-state index is 11.5. The summed E-state index contributed by atoms with van der Waals surface area (Å²) in [5.74, 6) is 2.12. The van der Waals surface area contributed by atoms with Crippen molar-refractivity contribution in [2.45, 2.75) is 89.4 Å². The molecule has 1 saturated heterocycles. The molecule has 0 spiro atoms. The van der Waals surface area contributed by atoms with Crippen LogP contribution in [-0.4, -0.2) is 34.6 Å². The van der Waals surface area contributed by atoms with Gasteiger partial charge >= 0.3 is 0 Å². The van der Waals surface area contributed by atoms with E-state index < -0.39 is 5.60 Å². The van der Waals surface area contributed by atoms with Gasteiger partial charge in [-0.25, -0.2) is 0 Å². The monoisotopic (exact) mass is 346 g/mol. The van der Waals surface area contributed by atoms with Crippen molar-refractivity contribution < 1.29 is 14.9 Å². The predicted molar refractivity (Wildman–Crippen MR) is 97.0 cm³/mol. The lowest BCUT2D eigenvalue weighted by Gasteiger charge is -2.59. The van der Waals surface area contributed by atoms with Crippen LogP contribution < -0.4 is 0 Å². The van der Waals surface area contributed by atoms with E-state index in [0.29, 0.717) is 17.4 Å². The highest BCUT2D eigenvalue weighted by Gasteiger charge is 2.64. The van der Waals surface area contributed by atoms with Gasteiger partial charge in [-0.2, -0.15) is 0 Å². The van der Waals surface area contributed by atoms with Crippen LogP contribution in [0.5, 0.6) is 0 Å². The first-order valence-electron chi connectivity index (χ1n) is 10.6. The molecule has 0 radical (unpaired) electrons. The quantitative estimate of drug-likeness (QED) is 0.590. The number of aliphatic hydroxyl groups excluding tert-OH is 1. The van der Waals surface area contributed by atoms with Crippen molar-refractivity contribution in [3.63, 3.8) is 0 Å². The molecule has 5 aliphatic rings. The van der Waals surface area contributed by atoms with E-state index >= 15 is 0 Å². The fourth-order valence-electron chi connectivity index (χ4n) is 7.65. The highest BCUT2D eigenvalue weighted by Crippen LogP contribution is 2.68. The minimum absolute atomic E-state index is 0.0655. The molecule has 3 nitrogen and oxygen atoms in total. The number of fused-ring (bicyclic) bond motifs is 5. The summed E-state index contributed by atoms with van der Waals surface area (Å²) >= 11 is 0. The second kappa shape index (κ2) is 5.33. The Morgan fingerprint density at radius 1 is 1.12 bits per heavy atom. The molecule has 3 saturated carbocycles. The Kier molecular flexibility index (Phi) is 3.57. The van der Waals surface area contributed by atoms with Crippen LogP contribution in [0.25, 0.3) is 0 Å². The van der Waals surface area contributed by atoms with E-state index in [0.717, 1.165) is 57.0 Å². The smallest absolute Gasteiger partial charge is 0.0837 e. The lowest BCUT2D eigenvalue weighted by Crippen LogP contribution is -2.55. The molecular formula is C22H34O3. The van der Waals surface area contributed by atoms with Crippen LogP contribution in [-0.2, 0) is 4.74 Å². The van der Waals surface area contributed by atoms with Crippen molar-refractivity contribution in [2.75, 3.05) is 6.61 Å². The lowest BCUT2D eigenvalue weighted by atomic mass is 9.47. The molecule has 1 aliphatic heterocycles. The van der Waals surface area contributed by atoms with Gasteiger partial charge < -0.3 is 14.9 Å². The van der Waals surface area contributed by atoms with Crippen LogP contribution in [0.3, 0.4) is 0 Å². The molecule has 3 heteroatoms. The number of ether oxygens (including phenoxy) is 1. The van der Waals surface area contributed by atoms with Gasteiger partial charge in [-0.15, -0.1) is 0 Å². The van der Waals surface area contributed by atoms with Crippen molar-refractivity contribution >= 4 is 0 Å². The third-order valence-corrected chi connectivity index (χ3v) is 9.37. The average Bonchev–Trinajstić information content (AvgIpc) is 3.33. The first-order chi connectivity index (χ1) is 11.9. The molecule has 4 aliphatic carbocycles. The number of epoxide rings is 1. The fourth-order valence-corrected chi connectivity index (χ4v) is 7.65. The molecule has 0 amide bonds. The Morgan fingerprint density at radius 2 is 1.88 bits per heavy atom. The summed E-state index contributed by atoms with van der Waals surface area (Å²) in [5, 5.41) is 21.7. The standard InChI is InChI=1S/C22H34O3/c1-20-8-5-15(23)11-14(20)3-4-17-18(20)6-9-21(2)19(17)7-10-22(21,24)12-16-13-25-16/h3,15-19,23-24H,4-13H2,1-2H3/t15-,16?,17?,18?,19?,20-,21-,22+/m0/s1. The fraction of sp³-hybridized carbons (Fsp3) is 0.909. The van der Waals surface area contributed by atoms with Gasteiger partial charge in [-0.3, -0.25) is 0 Å². The van der Waals surface area contributed by atoms with Gasteiger partial charge in [0.2, 0.25) is 0 Å². The van der Waals surface area contributed by atoms with Crippen molar-refractivity contribution in [1.82, 2.24) is 0 Å². The first kappa shape index (κ1) is 16.8. The van der Waals surface area contributed by atoms with Crippen LogP contribution in [0, 0.1) is 28.6 Å². The molecule has 140 valence electrons. The molecule has 1 heterocycles. The zero-order valence-corrected chi connectivity index (χ0v) is 15.8. The van der Waals surface area contributed by atoms with Crippen molar-refractivity contribution in [1.29, 1.82) is 0 Å². The second-order valence-corrected chi connectivity index (χ2v) is 10.3. The van der Waals surface area contributed by atoms with Gasteiger partial charge in [0.05, 0.1) is 24.4 Å². The molecule has 2 N–H and O–H groups in total. The Hall–Kier alpha value is -0.380. The van der Waals surface area contributed by atoms with Crippen LogP contribution in [0.2, 0.25) is 0 Å². The van der Waals surface area contributed by atoms with Gasteiger partial charge in [0.15, 0.2) is 0 Å². The predicted octanol–water partition coefficient (Wildman–Crippen LogP) is 3.83. The zero-order chi connectivity index (χ0) is 17.4. The Morgan fingerprint density at radius 3 is 2.64 bits per heavy atom. The maximum atomic E-state index is 11.5. The molecule has 4 fully saturated rings.